The average molecular weight is 456 g/mol. The molecule has 0 aliphatic carbocycles. The minimum absolute atomic E-state index is 0.162. The highest BCUT2D eigenvalue weighted by atomic mass is 35.5. The van der Waals surface area contributed by atoms with E-state index in [0.717, 1.165) is 5.56 Å². The molecule has 0 spiro atoms. The second-order valence-electron chi connectivity index (χ2n) is 6.90. The molecule has 0 saturated heterocycles. The van der Waals surface area contributed by atoms with Crippen LogP contribution in [0.2, 0.25) is 5.02 Å². The molecule has 2 aromatic carbocycles. The van der Waals surface area contributed by atoms with Crippen LogP contribution < -0.4 is 14.8 Å². The second kappa shape index (κ2) is 9.61. The summed E-state index contributed by atoms with van der Waals surface area (Å²) in [5.74, 6) is 0.480. The number of nitrogens with zero attached hydrogens (tertiary/aromatic N) is 4. The Labute approximate surface area is 187 Å². The summed E-state index contributed by atoms with van der Waals surface area (Å²) in [5, 5.41) is 15.6. The summed E-state index contributed by atoms with van der Waals surface area (Å²) >= 11 is 6.05. The maximum atomic E-state index is 13.5. The summed E-state index contributed by atoms with van der Waals surface area (Å²) in [7, 11) is 0. The number of rotatable bonds is 8. The van der Waals surface area contributed by atoms with Crippen LogP contribution in [0.1, 0.15) is 5.56 Å². The first-order valence-electron chi connectivity index (χ1n) is 9.76. The van der Waals surface area contributed by atoms with Crippen LogP contribution in [-0.2, 0) is 4.79 Å². The van der Waals surface area contributed by atoms with Crippen molar-refractivity contribution in [3.05, 3.63) is 71.0 Å². The molecule has 2 heterocycles. The predicted octanol–water partition coefficient (Wildman–Crippen LogP) is 3.47. The molecule has 0 bridgehead atoms. The Bertz CT molecular complexity index is 1260. The van der Waals surface area contributed by atoms with Crippen LogP contribution in [-0.4, -0.2) is 45.5 Å². The molecule has 10 heteroatoms. The van der Waals surface area contributed by atoms with Gasteiger partial charge in [-0.15, -0.1) is 15.3 Å². The van der Waals surface area contributed by atoms with E-state index < -0.39 is 0 Å². The molecular weight excluding hydrogens is 437 g/mol. The van der Waals surface area contributed by atoms with Gasteiger partial charge in [0.2, 0.25) is 5.88 Å². The molecule has 4 aromatic rings. The lowest BCUT2D eigenvalue weighted by Crippen LogP contribution is -2.32. The van der Waals surface area contributed by atoms with Gasteiger partial charge in [0.05, 0.1) is 11.6 Å². The molecule has 1 N–H and O–H groups in total. The summed E-state index contributed by atoms with van der Waals surface area (Å²) in [5.41, 5.74) is 2.02. The largest absolute Gasteiger partial charge is 0.482 e. The number of benzene rings is 2. The van der Waals surface area contributed by atoms with E-state index in [2.05, 4.69) is 20.6 Å². The van der Waals surface area contributed by atoms with Crippen molar-refractivity contribution >= 4 is 23.2 Å². The van der Waals surface area contributed by atoms with Crippen LogP contribution in [0.25, 0.3) is 17.0 Å². The Hall–Kier alpha value is -3.72. The Balaban J connectivity index is 1.30. The van der Waals surface area contributed by atoms with E-state index in [1.807, 2.05) is 13.0 Å². The fourth-order valence-corrected chi connectivity index (χ4v) is 3.09. The summed E-state index contributed by atoms with van der Waals surface area (Å²) in [6.45, 7) is 2.19. The standard InChI is InChI=1S/C22H19ClFN5O3/c1-14-5-6-17(23)18(11-14)32-13-20(30)25-9-10-31-21-8-7-19-26-27-22(29(19)28-21)15-3-2-4-16(24)12-15/h2-8,11-12H,9-10,13H2,1H3,(H,25,30). The summed E-state index contributed by atoms with van der Waals surface area (Å²) in [6.07, 6.45) is 0. The second-order valence-corrected chi connectivity index (χ2v) is 7.30. The number of carbonyl (C=O) groups is 1. The van der Waals surface area contributed by atoms with Gasteiger partial charge in [-0.05, 0) is 42.8 Å². The van der Waals surface area contributed by atoms with Gasteiger partial charge in [0, 0.05) is 11.6 Å². The molecule has 1 amide bonds. The maximum Gasteiger partial charge on any atom is 0.258 e. The highest BCUT2D eigenvalue weighted by molar-refractivity contribution is 6.32. The molecule has 0 fully saturated rings. The highest BCUT2D eigenvalue weighted by Crippen LogP contribution is 2.25. The van der Waals surface area contributed by atoms with Crippen molar-refractivity contribution in [2.45, 2.75) is 6.92 Å². The normalized spacial score (nSPS) is 10.8. The third kappa shape index (κ3) is 5.12. The monoisotopic (exact) mass is 455 g/mol. The fraction of sp³-hybridized carbons (Fsp3) is 0.182. The topological polar surface area (TPSA) is 90.6 Å². The number of hydrogen-bond donors (Lipinski definition) is 1. The Kier molecular flexibility index (Phi) is 6.46. The third-order valence-electron chi connectivity index (χ3n) is 4.44. The van der Waals surface area contributed by atoms with Crippen molar-refractivity contribution in [1.29, 1.82) is 0 Å². The number of carbonyl (C=O) groups excluding carboxylic acids is 1. The Morgan fingerprint density at radius 1 is 1.12 bits per heavy atom. The van der Waals surface area contributed by atoms with Gasteiger partial charge in [0.15, 0.2) is 18.1 Å². The number of amides is 1. The van der Waals surface area contributed by atoms with E-state index in [0.29, 0.717) is 33.7 Å². The smallest absolute Gasteiger partial charge is 0.258 e. The van der Waals surface area contributed by atoms with Gasteiger partial charge < -0.3 is 14.8 Å². The first-order chi connectivity index (χ1) is 15.5. The number of aryl methyl sites for hydroxylation is 1. The van der Waals surface area contributed by atoms with Gasteiger partial charge in [-0.3, -0.25) is 4.79 Å². The molecule has 0 aliphatic heterocycles. The SMILES string of the molecule is Cc1ccc(Cl)c(OCC(=O)NCCOc2ccc3nnc(-c4cccc(F)c4)n3n2)c1. The van der Waals surface area contributed by atoms with E-state index in [4.69, 9.17) is 21.1 Å². The molecule has 2 aromatic heterocycles. The third-order valence-corrected chi connectivity index (χ3v) is 4.75. The lowest BCUT2D eigenvalue weighted by molar-refractivity contribution is -0.123. The van der Waals surface area contributed by atoms with Crippen LogP contribution in [0.15, 0.2) is 54.6 Å². The molecule has 0 radical (unpaired) electrons. The summed E-state index contributed by atoms with van der Waals surface area (Å²) in [4.78, 5) is 12.0. The molecular formula is C22H19ClFN5O3. The number of halogens is 2. The summed E-state index contributed by atoms with van der Waals surface area (Å²) < 4.78 is 26.1. The summed E-state index contributed by atoms with van der Waals surface area (Å²) in [6, 6.07) is 14.7. The van der Waals surface area contributed by atoms with E-state index >= 15 is 0 Å². The van der Waals surface area contributed by atoms with Gasteiger partial charge in [-0.2, -0.15) is 4.52 Å². The highest BCUT2D eigenvalue weighted by Gasteiger charge is 2.11. The Morgan fingerprint density at radius 3 is 2.84 bits per heavy atom. The minimum Gasteiger partial charge on any atom is -0.482 e. The molecule has 0 aliphatic rings. The number of aromatic nitrogens is 4. The molecule has 0 saturated carbocycles. The number of fused-ring (bicyclic) bond motifs is 1. The molecule has 0 unspecified atom stereocenters. The van der Waals surface area contributed by atoms with Gasteiger partial charge in [-0.1, -0.05) is 29.8 Å². The van der Waals surface area contributed by atoms with Crippen molar-refractivity contribution in [3.63, 3.8) is 0 Å². The van der Waals surface area contributed by atoms with Crippen molar-refractivity contribution in [2.24, 2.45) is 0 Å². The fourth-order valence-electron chi connectivity index (χ4n) is 2.92. The van der Waals surface area contributed by atoms with E-state index in [1.165, 1.54) is 16.6 Å². The number of ether oxygens (including phenoxy) is 2. The lowest BCUT2D eigenvalue weighted by atomic mass is 10.2. The van der Waals surface area contributed by atoms with Gasteiger partial charge >= 0.3 is 0 Å². The van der Waals surface area contributed by atoms with Crippen molar-refractivity contribution in [2.75, 3.05) is 19.8 Å². The number of nitrogens with one attached hydrogen (secondary N) is 1. The minimum atomic E-state index is -0.379. The molecule has 32 heavy (non-hydrogen) atoms. The zero-order chi connectivity index (χ0) is 22.5. The first-order valence-corrected chi connectivity index (χ1v) is 10.1. The molecule has 8 nitrogen and oxygen atoms in total. The zero-order valence-corrected chi connectivity index (χ0v) is 17.8. The van der Waals surface area contributed by atoms with E-state index in [1.54, 1.807) is 36.4 Å². The molecule has 164 valence electrons. The van der Waals surface area contributed by atoms with E-state index in [-0.39, 0.29) is 31.5 Å². The van der Waals surface area contributed by atoms with Crippen molar-refractivity contribution in [1.82, 2.24) is 25.1 Å². The van der Waals surface area contributed by atoms with Crippen LogP contribution in [0.5, 0.6) is 11.6 Å². The van der Waals surface area contributed by atoms with E-state index in [9.17, 15) is 9.18 Å². The van der Waals surface area contributed by atoms with Crippen molar-refractivity contribution in [3.8, 4) is 23.0 Å². The lowest BCUT2D eigenvalue weighted by Gasteiger charge is -2.10. The van der Waals surface area contributed by atoms with Gasteiger partial charge in [-0.25, -0.2) is 4.39 Å². The van der Waals surface area contributed by atoms with Gasteiger partial charge in [0.1, 0.15) is 18.2 Å². The first kappa shape index (κ1) is 21.5. The van der Waals surface area contributed by atoms with Crippen LogP contribution in [0, 0.1) is 12.7 Å². The average Bonchev–Trinajstić information content (AvgIpc) is 3.20. The molecule has 0 atom stereocenters. The zero-order valence-electron chi connectivity index (χ0n) is 17.1. The van der Waals surface area contributed by atoms with Gasteiger partial charge in [0.25, 0.3) is 5.91 Å². The quantitative estimate of drug-likeness (QED) is 0.409. The predicted molar refractivity (Wildman–Crippen MR) is 116 cm³/mol. The number of hydrogen-bond acceptors (Lipinski definition) is 6. The van der Waals surface area contributed by atoms with Crippen LogP contribution >= 0.6 is 11.6 Å². The van der Waals surface area contributed by atoms with Crippen molar-refractivity contribution < 1.29 is 18.7 Å². The van der Waals surface area contributed by atoms with Crippen LogP contribution in [0.4, 0.5) is 4.39 Å². The van der Waals surface area contributed by atoms with Crippen LogP contribution in [0.3, 0.4) is 0 Å². The maximum absolute atomic E-state index is 13.5. The molecule has 4 rings (SSSR count). The Morgan fingerprint density at radius 2 is 2.00 bits per heavy atom.